The van der Waals surface area contributed by atoms with Gasteiger partial charge >= 0.3 is 5.97 Å². The number of carbonyl (C=O) groups is 1. The second kappa shape index (κ2) is 48.2. The summed E-state index contributed by atoms with van der Waals surface area (Å²) in [6.45, 7) is 41.7. The first-order valence-corrected chi connectivity index (χ1v) is 54.0. The van der Waals surface area contributed by atoms with Crippen LogP contribution in [0.15, 0.2) is 255 Å². The molecule has 0 amide bonds. The number of unbranched alkanes of at least 4 members (excludes halogenated alkanes) is 21. The smallest absolute Gasteiger partial charge is 0.333 e. The number of carbonyl (C=O) groups excluding carboxylic acids is 1. The van der Waals surface area contributed by atoms with E-state index in [4.69, 9.17) is 14.2 Å². The van der Waals surface area contributed by atoms with E-state index in [1.807, 2.05) is 6.92 Å². The first kappa shape index (κ1) is 101. The van der Waals surface area contributed by atoms with Crippen molar-refractivity contribution < 1.29 is 19.0 Å². The van der Waals surface area contributed by atoms with Crippen LogP contribution in [-0.2, 0) is 49.5 Å². The quantitative estimate of drug-likeness (QED) is 0.0125. The van der Waals surface area contributed by atoms with Gasteiger partial charge in [0.15, 0.2) is 0 Å². The maximum absolute atomic E-state index is 12.1. The van der Waals surface area contributed by atoms with Gasteiger partial charge in [0, 0.05) is 101 Å². The van der Waals surface area contributed by atoms with Gasteiger partial charge in [-0.05, 0) is 265 Å². The molecular weight excluding hydrogens is 1670 g/mol. The molecule has 2 aliphatic rings. The fraction of sp³-hybridized carbons (Fsp3) is 0.438. The van der Waals surface area contributed by atoms with Crippen LogP contribution in [0.3, 0.4) is 0 Å². The lowest BCUT2D eigenvalue weighted by Crippen LogP contribution is -2.25. The van der Waals surface area contributed by atoms with Crippen molar-refractivity contribution in [2.24, 2.45) is 5.92 Å². The van der Waals surface area contributed by atoms with E-state index in [9.17, 15) is 4.79 Å². The zero-order valence-electron chi connectivity index (χ0n) is 85.9. The fourth-order valence-electron chi connectivity index (χ4n) is 23.5. The van der Waals surface area contributed by atoms with E-state index in [0.29, 0.717) is 55.6 Å². The molecule has 3 aromatic heterocycles. The minimum atomic E-state index is -0.377. The molecule has 0 aliphatic heterocycles. The van der Waals surface area contributed by atoms with Crippen molar-refractivity contribution in [2.75, 3.05) is 19.8 Å². The third kappa shape index (κ3) is 23.1. The van der Waals surface area contributed by atoms with E-state index < -0.39 is 0 Å². The first-order valence-electron chi connectivity index (χ1n) is 54.0. The van der Waals surface area contributed by atoms with Crippen molar-refractivity contribution in [3.8, 4) is 55.6 Å². The molecule has 0 fully saturated rings. The Morgan fingerprint density at radius 1 is 0.358 bits per heavy atom. The maximum Gasteiger partial charge on any atom is 0.333 e. The van der Waals surface area contributed by atoms with Gasteiger partial charge < -0.3 is 27.9 Å². The topological polar surface area (TPSA) is 59.5 Å². The minimum absolute atomic E-state index is 0.0226. The van der Waals surface area contributed by atoms with E-state index in [-0.39, 0.29) is 23.4 Å². The summed E-state index contributed by atoms with van der Waals surface area (Å²) in [6, 6.07) is 86.4. The van der Waals surface area contributed by atoms with E-state index in [2.05, 4.69) is 321 Å². The Morgan fingerprint density at radius 3 is 1.18 bits per heavy atom. The largest absolute Gasteiger partial charge is 0.489 e. The second-order valence-corrected chi connectivity index (χ2v) is 41.3. The molecular formula is C130H161N3O4. The van der Waals surface area contributed by atoms with Gasteiger partial charge in [-0.15, -0.1) is 0 Å². The van der Waals surface area contributed by atoms with E-state index >= 15 is 0 Å². The number of benzene rings is 11. The average Bonchev–Trinajstić information content (AvgIpc) is 1.56. The van der Waals surface area contributed by atoms with Crippen LogP contribution in [0.2, 0.25) is 0 Å². The van der Waals surface area contributed by atoms with Crippen LogP contribution < -0.4 is 0 Å². The summed E-state index contributed by atoms with van der Waals surface area (Å²) < 4.78 is 24.8. The normalized spacial score (nSPS) is 13.6. The monoisotopic (exact) mass is 1830 g/mol. The maximum atomic E-state index is 12.1. The van der Waals surface area contributed by atoms with E-state index in [1.165, 1.54) is 336 Å². The minimum Gasteiger partial charge on any atom is -0.489 e. The van der Waals surface area contributed by atoms with Gasteiger partial charge in [-0.3, -0.25) is 0 Å². The molecule has 7 heteroatoms. The molecule has 0 spiro atoms. The summed E-state index contributed by atoms with van der Waals surface area (Å²) >= 11 is 0. The van der Waals surface area contributed by atoms with Crippen LogP contribution >= 0.6 is 0 Å². The molecule has 0 saturated carbocycles. The lowest BCUT2D eigenvalue weighted by atomic mass is 9.70. The Hall–Kier alpha value is -10.7. The summed E-state index contributed by atoms with van der Waals surface area (Å²) in [4.78, 5) is 12.1. The number of allylic oxidation sites excluding steroid dienone is 1. The number of hydrogen-bond donors (Lipinski definition) is 0. The number of hydrogen-bond acceptors (Lipinski definition) is 4. The van der Waals surface area contributed by atoms with Crippen LogP contribution in [0.25, 0.3) is 121 Å². The number of fused-ring (bicyclic) bond motifs is 15. The third-order valence-corrected chi connectivity index (χ3v) is 31.4. The van der Waals surface area contributed by atoms with Crippen LogP contribution in [0.4, 0.5) is 0 Å². The lowest BCUT2D eigenvalue weighted by molar-refractivity contribution is -0.140. The SMILES string of the molecule is C=C(C)C(=C)OCc1ccc(C(CC)CC(C)n2c3ccccc3c3ccccc32)cc1.C=C(C)C(=O)OCCOCCn1c2ccc(C)cc2c2cc(-c3ccc4c(c3)C(CCCCCCCC)(CCCCCCCC)c3cc(-c5ccc6c(c5)c5cc(-c7ccc8c(c7)C(CCCCCCCC)(CCCCCCCC)c7cc(C)ccc7-8)ccc5n6CC(CC)CCCC)ccc3-4)ccc21. The highest BCUT2D eigenvalue weighted by molar-refractivity contribution is 6.12. The number of aromatic nitrogens is 3. The highest BCUT2D eigenvalue weighted by Crippen LogP contribution is 2.59. The van der Waals surface area contributed by atoms with Crippen LogP contribution in [0.5, 0.6) is 0 Å². The van der Waals surface area contributed by atoms with Gasteiger partial charge in [0.1, 0.15) is 19.0 Å². The van der Waals surface area contributed by atoms with Gasteiger partial charge in [0.2, 0.25) is 0 Å². The van der Waals surface area contributed by atoms with E-state index in [1.54, 1.807) is 23.6 Å². The van der Waals surface area contributed by atoms with Gasteiger partial charge in [0.05, 0.1) is 13.2 Å². The van der Waals surface area contributed by atoms with Gasteiger partial charge in [-0.2, -0.15) is 0 Å². The molecule has 0 bridgehead atoms. The van der Waals surface area contributed by atoms with Crippen molar-refractivity contribution in [1.82, 2.24) is 13.7 Å². The van der Waals surface area contributed by atoms with Gasteiger partial charge in [-0.1, -0.05) is 392 Å². The summed E-state index contributed by atoms with van der Waals surface area (Å²) in [5.41, 5.74) is 34.1. The molecule has 7 nitrogen and oxygen atoms in total. The summed E-state index contributed by atoms with van der Waals surface area (Å²) in [6.07, 6.45) is 43.2. The van der Waals surface area contributed by atoms with Crippen molar-refractivity contribution in [3.63, 3.8) is 0 Å². The third-order valence-electron chi connectivity index (χ3n) is 31.4. The first-order chi connectivity index (χ1) is 66.9. The Morgan fingerprint density at radius 2 is 0.745 bits per heavy atom. The zero-order valence-corrected chi connectivity index (χ0v) is 85.9. The molecule has 3 unspecified atom stereocenters. The number of nitrogens with zero attached hydrogens (tertiary/aromatic N) is 3. The summed E-state index contributed by atoms with van der Waals surface area (Å²) in [7, 11) is 0. The summed E-state index contributed by atoms with van der Waals surface area (Å²) in [5, 5.41) is 7.96. The number of rotatable bonds is 53. The second-order valence-electron chi connectivity index (χ2n) is 41.3. The van der Waals surface area contributed by atoms with Crippen molar-refractivity contribution in [3.05, 3.63) is 300 Å². The summed E-state index contributed by atoms with van der Waals surface area (Å²) in [5.74, 6) is 1.40. The lowest BCUT2D eigenvalue weighted by Gasteiger charge is -2.33. The molecule has 2 aliphatic carbocycles. The van der Waals surface area contributed by atoms with E-state index in [0.717, 1.165) is 43.4 Å². The van der Waals surface area contributed by atoms with Crippen molar-refractivity contribution in [2.45, 2.75) is 344 Å². The number of aryl methyl sites for hydroxylation is 2. The van der Waals surface area contributed by atoms with Crippen LogP contribution in [0.1, 0.15) is 344 Å². The molecule has 11 aromatic carbocycles. The highest BCUT2D eigenvalue weighted by Gasteiger charge is 2.45. The molecule has 720 valence electrons. The molecule has 137 heavy (non-hydrogen) atoms. The molecule has 0 saturated heterocycles. The Balaban J connectivity index is 0.000000374. The number of ether oxygens (including phenoxy) is 3. The van der Waals surface area contributed by atoms with Crippen LogP contribution in [0, 0.1) is 19.8 Å². The molecule has 16 rings (SSSR count). The standard InChI is InChI=1S/C100H128N2O3.C30H33NO/c1-11-17-22-26-30-34-55-99(56-35-31-27-23-18-12-2)90-64-74(10)39-47-82(90)83-48-41-79(68-91(83)99)77-45-53-96-88(66-77)89-67-78(46-54-97(89)102(96)71-75(16-6)38-21-15-5)81-43-50-85-84-49-42-80(69-92(84)100(93(85)70-81,57-36-32-28-24-19-13-3)58-37-33-29-25-20-14-4)76-44-52-95-87(65-76)86-63-73(9)40-51-94(86)101(95)59-60-104-61-62-105-98(103)72(7)8;1-6-25(26-17-15-24(16-18-26)20-32-23(5)21(2)3)19-22(4)31-29-13-9-7-11-27(29)28-12-8-10-14-30(28)31/h39-54,63-70,75H,7,11-38,55-62,71H2,1-6,8-10H3;7-18,22,25H,2,5-6,19-20H2,1,3-4H3. The Kier molecular flexibility index (Phi) is 35.5. The Bertz CT molecular complexity index is 6360. The van der Waals surface area contributed by atoms with Gasteiger partial charge in [0.25, 0.3) is 0 Å². The highest BCUT2D eigenvalue weighted by atomic mass is 16.6. The van der Waals surface area contributed by atoms with Crippen molar-refractivity contribution >= 4 is 71.4 Å². The molecule has 0 N–H and O–H groups in total. The zero-order chi connectivity index (χ0) is 96.0. The number of para-hydroxylation sites is 2. The molecule has 3 atom stereocenters. The fourth-order valence-corrected chi connectivity index (χ4v) is 23.5. The Labute approximate surface area is 823 Å². The predicted molar refractivity (Wildman–Crippen MR) is 590 cm³/mol. The van der Waals surface area contributed by atoms with Crippen molar-refractivity contribution in [1.29, 1.82) is 0 Å². The molecule has 0 radical (unpaired) electrons. The predicted octanol–water partition coefficient (Wildman–Crippen LogP) is 38.0. The number of esters is 1. The van der Waals surface area contributed by atoms with Gasteiger partial charge in [-0.25, -0.2) is 4.79 Å². The molecule has 14 aromatic rings. The molecule has 3 heterocycles. The average molecular weight is 1830 g/mol. The van der Waals surface area contributed by atoms with Crippen LogP contribution in [-0.4, -0.2) is 39.5 Å².